The first-order valence-electron chi connectivity index (χ1n) is 5.45. The van der Waals surface area contributed by atoms with Crippen molar-refractivity contribution in [3.8, 4) is 0 Å². The number of esters is 1. The molecule has 0 heterocycles. The molecule has 1 aromatic rings. The molecule has 1 atom stereocenters. The van der Waals surface area contributed by atoms with E-state index in [2.05, 4.69) is 0 Å². The smallest absolute Gasteiger partial charge is 0.308 e. The van der Waals surface area contributed by atoms with Crippen LogP contribution >= 0.6 is 0 Å². The van der Waals surface area contributed by atoms with Gasteiger partial charge >= 0.3 is 5.97 Å². The fourth-order valence-electron chi connectivity index (χ4n) is 1.61. The fraction of sp³-hybridized carbons (Fsp3) is 0.462. The Morgan fingerprint density at radius 2 is 2.12 bits per heavy atom. The number of aryl methyl sites for hydroxylation is 2. The molecule has 0 bridgehead atoms. The molecule has 0 aliphatic rings. The Balaban J connectivity index is 2.76. The first kappa shape index (κ1) is 12.7. The topological polar surface area (TPSA) is 46.5 Å². The van der Waals surface area contributed by atoms with Crippen LogP contribution in [0.3, 0.4) is 0 Å². The van der Waals surface area contributed by atoms with E-state index < -0.39 is 6.10 Å². The van der Waals surface area contributed by atoms with Crippen molar-refractivity contribution in [2.24, 2.45) is 0 Å². The quantitative estimate of drug-likeness (QED) is 0.795. The number of benzene rings is 1. The summed E-state index contributed by atoms with van der Waals surface area (Å²) >= 11 is 0. The molecule has 0 radical (unpaired) electrons. The maximum absolute atomic E-state index is 11.2. The van der Waals surface area contributed by atoms with Crippen LogP contribution in [0.15, 0.2) is 18.2 Å². The zero-order chi connectivity index (χ0) is 12.1. The monoisotopic (exact) mass is 222 g/mol. The number of hydrogen-bond acceptors (Lipinski definition) is 3. The van der Waals surface area contributed by atoms with Crippen LogP contribution < -0.4 is 0 Å². The molecule has 0 aliphatic carbocycles. The average molecular weight is 222 g/mol. The van der Waals surface area contributed by atoms with Gasteiger partial charge in [0.05, 0.1) is 19.1 Å². The van der Waals surface area contributed by atoms with Crippen molar-refractivity contribution in [1.29, 1.82) is 0 Å². The number of aliphatic hydroxyl groups is 1. The maximum atomic E-state index is 11.2. The molecular formula is C13H18O3. The second-order valence-electron chi connectivity index (χ2n) is 3.88. The highest BCUT2D eigenvalue weighted by Crippen LogP contribution is 2.22. The molecule has 0 fully saturated rings. The van der Waals surface area contributed by atoms with E-state index in [-0.39, 0.29) is 12.4 Å². The Labute approximate surface area is 96.1 Å². The van der Waals surface area contributed by atoms with Gasteiger partial charge in [0.2, 0.25) is 0 Å². The van der Waals surface area contributed by atoms with Gasteiger partial charge in [-0.25, -0.2) is 0 Å². The Morgan fingerprint density at radius 3 is 2.75 bits per heavy atom. The largest absolute Gasteiger partial charge is 0.466 e. The molecule has 0 aliphatic heterocycles. The highest BCUT2D eigenvalue weighted by atomic mass is 16.5. The summed E-state index contributed by atoms with van der Waals surface area (Å²) < 4.78 is 4.81. The molecule has 88 valence electrons. The summed E-state index contributed by atoms with van der Waals surface area (Å²) in [5.41, 5.74) is 2.86. The van der Waals surface area contributed by atoms with Crippen LogP contribution in [0.1, 0.15) is 36.1 Å². The summed E-state index contributed by atoms with van der Waals surface area (Å²) in [6, 6.07) is 5.83. The summed E-state index contributed by atoms with van der Waals surface area (Å²) in [5, 5.41) is 9.92. The Morgan fingerprint density at radius 1 is 1.44 bits per heavy atom. The Kier molecular flexibility index (Phi) is 4.50. The summed E-state index contributed by atoms with van der Waals surface area (Å²) in [6.45, 7) is 5.98. The number of ether oxygens (including phenoxy) is 1. The molecule has 0 saturated carbocycles. The van der Waals surface area contributed by atoms with Gasteiger partial charge in [-0.15, -0.1) is 0 Å². The standard InChI is InChI=1S/C13H18O3/c1-4-16-13(15)8-12(14)11-7-9(2)5-6-10(11)3/h5-7,12,14H,4,8H2,1-3H3. The van der Waals surface area contributed by atoms with E-state index in [9.17, 15) is 9.90 Å². The molecule has 1 aromatic carbocycles. The number of carbonyl (C=O) groups excluding carboxylic acids is 1. The van der Waals surface area contributed by atoms with E-state index in [4.69, 9.17) is 4.74 Å². The van der Waals surface area contributed by atoms with Crippen molar-refractivity contribution in [3.63, 3.8) is 0 Å². The van der Waals surface area contributed by atoms with Gasteiger partial charge in [-0.2, -0.15) is 0 Å². The van der Waals surface area contributed by atoms with Gasteiger partial charge < -0.3 is 9.84 Å². The second-order valence-corrected chi connectivity index (χ2v) is 3.88. The lowest BCUT2D eigenvalue weighted by Gasteiger charge is -2.13. The Bertz CT molecular complexity index is 371. The fourth-order valence-corrected chi connectivity index (χ4v) is 1.61. The van der Waals surface area contributed by atoms with Gasteiger partial charge in [0.15, 0.2) is 0 Å². The summed E-state index contributed by atoms with van der Waals surface area (Å²) in [7, 11) is 0. The van der Waals surface area contributed by atoms with Gasteiger partial charge in [0.1, 0.15) is 0 Å². The van der Waals surface area contributed by atoms with E-state index in [1.807, 2.05) is 32.0 Å². The SMILES string of the molecule is CCOC(=O)CC(O)c1cc(C)ccc1C. The van der Waals surface area contributed by atoms with E-state index in [1.54, 1.807) is 6.92 Å². The van der Waals surface area contributed by atoms with E-state index in [0.717, 1.165) is 16.7 Å². The molecular weight excluding hydrogens is 204 g/mol. The van der Waals surface area contributed by atoms with Crippen molar-refractivity contribution in [3.05, 3.63) is 34.9 Å². The molecule has 1 N–H and O–H groups in total. The summed E-state index contributed by atoms with van der Waals surface area (Å²) in [6.07, 6.45) is -0.767. The molecule has 0 amide bonds. The summed E-state index contributed by atoms with van der Waals surface area (Å²) in [5.74, 6) is -0.365. The van der Waals surface area contributed by atoms with Crippen LogP contribution in [0, 0.1) is 13.8 Å². The maximum Gasteiger partial charge on any atom is 0.308 e. The molecule has 3 nitrogen and oxygen atoms in total. The minimum Gasteiger partial charge on any atom is -0.466 e. The molecule has 1 rings (SSSR count). The third kappa shape index (κ3) is 3.35. The van der Waals surface area contributed by atoms with Crippen LogP contribution in [0.2, 0.25) is 0 Å². The first-order valence-corrected chi connectivity index (χ1v) is 5.45. The lowest BCUT2D eigenvalue weighted by Crippen LogP contribution is -2.11. The lowest BCUT2D eigenvalue weighted by atomic mass is 9.99. The molecule has 3 heteroatoms. The molecule has 0 saturated heterocycles. The third-order valence-corrected chi connectivity index (χ3v) is 2.46. The van der Waals surface area contributed by atoms with Crippen LogP contribution in [-0.2, 0) is 9.53 Å². The van der Waals surface area contributed by atoms with E-state index >= 15 is 0 Å². The second kappa shape index (κ2) is 5.66. The summed E-state index contributed by atoms with van der Waals surface area (Å²) in [4.78, 5) is 11.2. The van der Waals surface area contributed by atoms with Gasteiger partial charge in [-0.05, 0) is 31.9 Å². The Hall–Kier alpha value is -1.35. The highest BCUT2D eigenvalue weighted by Gasteiger charge is 2.15. The molecule has 1 unspecified atom stereocenters. The van der Waals surface area contributed by atoms with Crippen molar-refractivity contribution < 1.29 is 14.6 Å². The average Bonchev–Trinajstić information content (AvgIpc) is 2.21. The molecule has 16 heavy (non-hydrogen) atoms. The van der Waals surface area contributed by atoms with Crippen molar-refractivity contribution in [2.45, 2.75) is 33.3 Å². The highest BCUT2D eigenvalue weighted by molar-refractivity contribution is 5.70. The minimum absolute atomic E-state index is 0.0120. The van der Waals surface area contributed by atoms with Crippen LogP contribution in [-0.4, -0.2) is 17.7 Å². The third-order valence-electron chi connectivity index (χ3n) is 2.46. The zero-order valence-electron chi connectivity index (χ0n) is 9.99. The van der Waals surface area contributed by atoms with Crippen molar-refractivity contribution >= 4 is 5.97 Å². The number of rotatable bonds is 4. The number of aliphatic hydroxyl groups excluding tert-OH is 1. The van der Waals surface area contributed by atoms with Crippen LogP contribution in [0.4, 0.5) is 0 Å². The number of hydrogen-bond donors (Lipinski definition) is 1. The normalized spacial score (nSPS) is 12.2. The molecule has 0 aromatic heterocycles. The predicted octanol–water partition coefficient (Wildman–Crippen LogP) is 2.29. The van der Waals surface area contributed by atoms with Crippen molar-refractivity contribution in [2.75, 3.05) is 6.61 Å². The van der Waals surface area contributed by atoms with E-state index in [1.165, 1.54) is 0 Å². The van der Waals surface area contributed by atoms with Crippen LogP contribution in [0.5, 0.6) is 0 Å². The number of carbonyl (C=O) groups is 1. The van der Waals surface area contributed by atoms with Crippen LogP contribution in [0.25, 0.3) is 0 Å². The van der Waals surface area contributed by atoms with E-state index in [0.29, 0.717) is 6.61 Å². The van der Waals surface area contributed by atoms with Crippen molar-refractivity contribution in [1.82, 2.24) is 0 Å². The van der Waals surface area contributed by atoms with Gasteiger partial charge in [0, 0.05) is 0 Å². The first-order chi connectivity index (χ1) is 7.54. The predicted molar refractivity (Wildman–Crippen MR) is 62.1 cm³/mol. The lowest BCUT2D eigenvalue weighted by molar-refractivity contribution is -0.145. The minimum atomic E-state index is -0.779. The zero-order valence-corrected chi connectivity index (χ0v) is 9.99. The molecule has 0 spiro atoms. The van der Waals surface area contributed by atoms with Gasteiger partial charge in [-0.1, -0.05) is 23.8 Å². The van der Waals surface area contributed by atoms with Gasteiger partial charge in [-0.3, -0.25) is 4.79 Å². The van der Waals surface area contributed by atoms with Gasteiger partial charge in [0.25, 0.3) is 0 Å².